The zero-order valence-corrected chi connectivity index (χ0v) is 18.3. The van der Waals surface area contributed by atoms with Crippen LogP contribution in [0.25, 0.3) is 17.0 Å². The normalized spacial score (nSPS) is 11.6. The lowest BCUT2D eigenvalue weighted by atomic mass is 10.0. The number of hydrogen-bond donors (Lipinski definition) is 1. The maximum atomic E-state index is 12.0. The average molecular weight is 446 g/mol. The van der Waals surface area contributed by atoms with Crippen LogP contribution >= 0.6 is 23.2 Å². The molecule has 0 aliphatic rings. The lowest BCUT2D eigenvalue weighted by Crippen LogP contribution is -2.06. The van der Waals surface area contributed by atoms with Gasteiger partial charge in [0.2, 0.25) is 0 Å². The minimum atomic E-state index is -0.416. The monoisotopic (exact) mass is 445 g/mol. The number of aromatic nitrogens is 2. The number of hydrogen-bond acceptors (Lipinski definition) is 6. The van der Waals surface area contributed by atoms with E-state index in [0.29, 0.717) is 62.5 Å². The summed E-state index contributed by atoms with van der Waals surface area (Å²) in [7, 11) is 1.56. The number of fused-ring (bicyclic) bond motifs is 1. The Morgan fingerprint density at radius 1 is 1.17 bits per heavy atom. The largest absolute Gasteiger partial charge is 0.495 e. The first kappa shape index (κ1) is 21.9. The number of benzene rings is 2. The number of esters is 1. The lowest BCUT2D eigenvalue weighted by Gasteiger charge is -2.12. The maximum Gasteiger partial charge on any atom is 0.333 e. The van der Waals surface area contributed by atoms with Gasteiger partial charge in [-0.3, -0.25) is 0 Å². The number of ether oxygens (including phenoxy) is 2. The fourth-order valence-electron chi connectivity index (χ4n) is 3.02. The number of rotatable bonds is 6. The second-order valence-corrected chi connectivity index (χ2v) is 7.39. The van der Waals surface area contributed by atoms with E-state index in [1.807, 2.05) is 12.1 Å². The van der Waals surface area contributed by atoms with E-state index >= 15 is 0 Å². The second kappa shape index (κ2) is 9.32. The number of methoxy groups -OCH3 is 1. The highest BCUT2D eigenvalue weighted by molar-refractivity contribution is 6.34. The van der Waals surface area contributed by atoms with Crippen molar-refractivity contribution in [2.24, 2.45) is 0 Å². The van der Waals surface area contributed by atoms with Gasteiger partial charge in [0.05, 0.1) is 40.7 Å². The quantitative estimate of drug-likeness (QED) is 0.323. The first-order valence-corrected chi connectivity index (χ1v) is 10.0. The van der Waals surface area contributed by atoms with Crippen molar-refractivity contribution in [1.29, 1.82) is 0 Å². The van der Waals surface area contributed by atoms with Crippen LogP contribution in [0.15, 0.2) is 35.9 Å². The van der Waals surface area contributed by atoms with Crippen molar-refractivity contribution in [2.45, 2.75) is 20.3 Å². The molecule has 0 spiro atoms. The predicted molar refractivity (Wildman–Crippen MR) is 120 cm³/mol. The summed E-state index contributed by atoms with van der Waals surface area (Å²) >= 11 is 12.5. The summed E-state index contributed by atoms with van der Waals surface area (Å²) < 4.78 is 10.2. The van der Waals surface area contributed by atoms with Gasteiger partial charge < -0.3 is 15.2 Å². The number of halogens is 2. The molecule has 3 aromatic rings. The highest BCUT2D eigenvalue weighted by Crippen LogP contribution is 2.32. The van der Waals surface area contributed by atoms with Crippen molar-refractivity contribution in [2.75, 3.05) is 19.5 Å². The van der Waals surface area contributed by atoms with Gasteiger partial charge in [0.15, 0.2) is 5.82 Å². The van der Waals surface area contributed by atoms with E-state index in [1.165, 1.54) is 0 Å². The standard InChI is InChI=1S/C22H21Cl2N3O3/c1-4-30-22(28)12(2)9-19-26-16-7-6-14(23)21(25)20(16)17(27-19)11-13-5-8-18(29-3)15(24)10-13/h5-10H,4,11,25H2,1-3H3/b12-9+. The van der Waals surface area contributed by atoms with Crippen molar-refractivity contribution in [1.82, 2.24) is 9.97 Å². The van der Waals surface area contributed by atoms with Gasteiger partial charge >= 0.3 is 5.97 Å². The Kier molecular flexibility index (Phi) is 6.80. The fourth-order valence-corrected chi connectivity index (χ4v) is 3.46. The molecule has 0 aliphatic carbocycles. The Hall–Kier alpha value is -2.83. The van der Waals surface area contributed by atoms with Crippen molar-refractivity contribution < 1.29 is 14.3 Å². The van der Waals surface area contributed by atoms with Crippen LogP contribution in [0, 0.1) is 0 Å². The van der Waals surface area contributed by atoms with Crippen LogP contribution in [0.4, 0.5) is 5.69 Å². The summed E-state index contributed by atoms with van der Waals surface area (Å²) in [6.07, 6.45) is 2.03. The molecule has 0 amide bonds. The Bertz CT molecular complexity index is 1150. The Labute approximate surface area is 184 Å². The van der Waals surface area contributed by atoms with Gasteiger partial charge in [0.1, 0.15) is 5.75 Å². The molecule has 156 valence electrons. The number of nitrogens with two attached hydrogens (primary N) is 1. The topological polar surface area (TPSA) is 87.3 Å². The average Bonchev–Trinajstić information content (AvgIpc) is 2.71. The molecule has 30 heavy (non-hydrogen) atoms. The molecule has 0 bridgehead atoms. The van der Waals surface area contributed by atoms with Crippen LogP contribution in [0.3, 0.4) is 0 Å². The summed E-state index contributed by atoms with van der Waals surface area (Å²) in [5.74, 6) is 0.550. The van der Waals surface area contributed by atoms with Crippen LogP contribution in [-0.2, 0) is 16.0 Å². The van der Waals surface area contributed by atoms with Gasteiger partial charge in [-0.05, 0) is 49.8 Å². The molecule has 1 aromatic heterocycles. The van der Waals surface area contributed by atoms with Crippen LogP contribution in [0.1, 0.15) is 30.9 Å². The van der Waals surface area contributed by atoms with Gasteiger partial charge in [0.25, 0.3) is 0 Å². The van der Waals surface area contributed by atoms with E-state index in [0.717, 1.165) is 5.56 Å². The van der Waals surface area contributed by atoms with Crippen LogP contribution in [0.2, 0.25) is 10.0 Å². The Balaban J connectivity index is 2.12. The molecule has 0 aliphatic heterocycles. The summed E-state index contributed by atoms with van der Waals surface area (Å²) in [6, 6.07) is 8.97. The SMILES string of the molecule is CCOC(=O)/C(C)=C/c1nc(Cc2ccc(OC)c(Cl)c2)c2c(N)c(Cl)ccc2n1. The zero-order chi connectivity index (χ0) is 21.8. The maximum absolute atomic E-state index is 12.0. The molecule has 8 heteroatoms. The van der Waals surface area contributed by atoms with Gasteiger partial charge in [-0.1, -0.05) is 29.3 Å². The fraction of sp³-hybridized carbons (Fsp3) is 0.227. The molecule has 1 heterocycles. The third-order valence-corrected chi connectivity index (χ3v) is 5.10. The highest BCUT2D eigenvalue weighted by Gasteiger charge is 2.15. The minimum absolute atomic E-state index is 0.293. The second-order valence-electron chi connectivity index (χ2n) is 6.58. The van der Waals surface area contributed by atoms with Gasteiger partial charge in [0, 0.05) is 17.4 Å². The van der Waals surface area contributed by atoms with Gasteiger partial charge in [-0.25, -0.2) is 14.8 Å². The summed E-state index contributed by atoms with van der Waals surface area (Å²) in [4.78, 5) is 21.1. The number of carbonyl (C=O) groups is 1. The molecule has 3 rings (SSSR count). The number of nitrogens with zero attached hydrogens (tertiary/aromatic N) is 2. The highest BCUT2D eigenvalue weighted by atomic mass is 35.5. The molecule has 0 atom stereocenters. The van der Waals surface area contributed by atoms with Crippen LogP contribution in [0.5, 0.6) is 5.75 Å². The molecule has 2 N–H and O–H groups in total. The van der Waals surface area contributed by atoms with E-state index in [4.69, 9.17) is 38.4 Å². The van der Waals surface area contributed by atoms with E-state index < -0.39 is 5.97 Å². The minimum Gasteiger partial charge on any atom is -0.495 e. The van der Waals surface area contributed by atoms with E-state index in [1.54, 1.807) is 45.2 Å². The number of anilines is 1. The van der Waals surface area contributed by atoms with Crippen LogP contribution in [-0.4, -0.2) is 29.7 Å². The third kappa shape index (κ3) is 4.66. The molecule has 0 saturated heterocycles. The van der Waals surface area contributed by atoms with E-state index in [-0.39, 0.29) is 0 Å². The summed E-state index contributed by atoms with van der Waals surface area (Å²) in [5, 5.41) is 1.59. The molecule has 2 aromatic carbocycles. The zero-order valence-electron chi connectivity index (χ0n) is 16.8. The molecule has 0 radical (unpaired) electrons. The Morgan fingerprint density at radius 2 is 1.93 bits per heavy atom. The van der Waals surface area contributed by atoms with E-state index in [2.05, 4.69) is 9.97 Å². The first-order valence-electron chi connectivity index (χ1n) is 9.26. The van der Waals surface area contributed by atoms with Crippen LogP contribution < -0.4 is 10.5 Å². The predicted octanol–water partition coefficient (Wildman–Crippen LogP) is 5.08. The Morgan fingerprint density at radius 3 is 2.60 bits per heavy atom. The number of carbonyl (C=O) groups excluding carboxylic acids is 1. The molecule has 0 unspecified atom stereocenters. The smallest absolute Gasteiger partial charge is 0.333 e. The van der Waals surface area contributed by atoms with Gasteiger partial charge in [-0.2, -0.15) is 0 Å². The number of nitrogen functional groups attached to an aromatic ring is 1. The lowest BCUT2D eigenvalue weighted by molar-refractivity contribution is -0.138. The molecule has 0 fully saturated rings. The summed E-state index contributed by atoms with van der Waals surface area (Å²) in [6.45, 7) is 3.70. The molecular formula is C22H21Cl2N3O3. The molecular weight excluding hydrogens is 425 g/mol. The van der Waals surface area contributed by atoms with Crippen molar-refractivity contribution in [3.8, 4) is 5.75 Å². The first-order chi connectivity index (χ1) is 14.3. The van der Waals surface area contributed by atoms with Crippen molar-refractivity contribution in [3.05, 3.63) is 63.0 Å². The van der Waals surface area contributed by atoms with Gasteiger partial charge in [-0.15, -0.1) is 0 Å². The molecule has 0 saturated carbocycles. The third-order valence-electron chi connectivity index (χ3n) is 4.47. The van der Waals surface area contributed by atoms with Crippen molar-refractivity contribution in [3.63, 3.8) is 0 Å². The van der Waals surface area contributed by atoms with Crippen molar-refractivity contribution >= 4 is 51.8 Å². The molecule has 6 nitrogen and oxygen atoms in total. The van der Waals surface area contributed by atoms with E-state index in [9.17, 15) is 4.79 Å². The summed E-state index contributed by atoms with van der Waals surface area (Å²) in [5.41, 5.74) is 9.26.